The second-order valence-corrected chi connectivity index (χ2v) is 4.09. The number of nitrogens with one attached hydrogen (secondary N) is 2. The van der Waals surface area contributed by atoms with Crippen LogP contribution in [-0.4, -0.2) is 15.8 Å². The SMILES string of the molecule is Cc1cc(NC(=O)NCc2ccccc2)n(C)n1. The fourth-order valence-electron chi connectivity index (χ4n) is 1.67. The van der Waals surface area contributed by atoms with Gasteiger partial charge in [-0.05, 0) is 12.5 Å². The highest BCUT2D eigenvalue weighted by Gasteiger charge is 2.06. The number of benzene rings is 1. The minimum absolute atomic E-state index is 0.234. The highest BCUT2D eigenvalue weighted by atomic mass is 16.2. The Hall–Kier alpha value is -2.30. The predicted molar refractivity (Wildman–Crippen MR) is 70.2 cm³/mol. The number of aryl methyl sites for hydroxylation is 2. The van der Waals surface area contributed by atoms with Crippen molar-refractivity contribution in [2.45, 2.75) is 13.5 Å². The van der Waals surface area contributed by atoms with Crippen LogP contribution in [-0.2, 0) is 13.6 Å². The topological polar surface area (TPSA) is 59.0 Å². The first-order valence-corrected chi connectivity index (χ1v) is 5.74. The zero-order chi connectivity index (χ0) is 13.0. The van der Waals surface area contributed by atoms with E-state index in [-0.39, 0.29) is 6.03 Å². The third kappa shape index (κ3) is 3.10. The molecule has 0 fully saturated rings. The highest BCUT2D eigenvalue weighted by molar-refractivity contribution is 5.88. The van der Waals surface area contributed by atoms with Gasteiger partial charge in [-0.2, -0.15) is 5.10 Å². The van der Waals surface area contributed by atoms with Crippen molar-refractivity contribution in [2.24, 2.45) is 7.05 Å². The number of nitrogens with zero attached hydrogens (tertiary/aromatic N) is 2. The molecule has 0 aliphatic carbocycles. The van der Waals surface area contributed by atoms with E-state index in [1.807, 2.05) is 43.3 Å². The lowest BCUT2D eigenvalue weighted by molar-refractivity contribution is 0.251. The van der Waals surface area contributed by atoms with Gasteiger partial charge in [0.15, 0.2) is 0 Å². The van der Waals surface area contributed by atoms with E-state index in [1.165, 1.54) is 0 Å². The summed E-state index contributed by atoms with van der Waals surface area (Å²) >= 11 is 0. The smallest absolute Gasteiger partial charge is 0.320 e. The van der Waals surface area contributed by atoms with Crippen LogP contribution in [0.5, 0.6) is 0 Å². The zero-order valence-corrected chi connectivity index (χ0v) is 10.5. The predicted octanol–water partition coefficient (Wildman–Crippen LogP) is 2.05. The Bertz CT molecular complexity index is 533. The summed E-state index contributed by atoms with van der Waals surface area (Å²) < 4.78 is 1.64. The van der Waals surface area contributed by atoms with E-state index in [0.717, 1.165) is 11.3 Å². The summed E-state index contributed by atoms with van der Waals surface area (Å²) in [5, 5.41) is 9.70. The first-order valence-electron chi connectivity index (χ1n) is 5.74. The molecule has 18 heavy (non-hydrogen) atoms. The number of carbonyl (C=O) groups is 1. The zero-order valence-electron chi connectivity index (χ0n) is 10.5. The fraction of sp³-hybridized carbons (Fsp3) is 0.231. The van der Waals surface area contributed by atoms with Gasteiger partial charge in [-0.3, -0.25) is 10.00 Å². The molecule has 0 saturated heterocycles. The van der Waals surface area contributed by atoms with E-state index in [0.29, 0.717) is 12.4 Å². The largest absolute Gasteiger partial charge is 0.334 e. The molecule has 0 atom stereocenters. The van der Waals surface area contributed by atoms with Crippen molar-refractivity contribution in [3.05, 3.63) is 47.7 Å². The van der Waals surface area contributed by atoms with Gasteiger partial charge in [-0.1, -0.05) is 30.3 Å². The lowest BCUT2D eigenvalue weighted by Crippen LogP contribution is -2.29. The Morgan fingerprint density at radius 3 is 2.67 bits per heavy atom. The molecule has 1 heterocycles. The van der Waals surface area contributed by atoms with Crippen molar-refractivity contribution < 1.29 is 4.79 Å². The van der Waals surface area contributed by atoms with Crippen molar-refractivity contribution in [1.82, 2.24) is 15.1 Å². The summed E-state index contributed by atoms with van der Waals surface area (Å²) in [5.41, 5.74) is 1.93. The van der Waals surface area contributed by atoms with Gasteiger partial charge in [0.2, 0.25) is 0 Å². The number of aromatic nitrogens is 2. The molecule has 0 aliphatic rings. The molecule has 0 spiro atoms. The summed E-state index contributed by atoms with van der Waals surface area (Å²) in [7, 11) is 1.79. The number of anilines is 1. The molecule has 0 radical (unpaired) electrons. The van der Waals surface area contributed by atoms with Gasteiger partial charge in [0, 0.05) is 19.7 Å². The summed E-state index contributed by atoms with van der Waals surface area (Å²) in [6, 6.07) is 11.4. The van der Waals surface area contributed by atoms with Crippen LogP contribution in [0, 0.1) is 6.92 Å². The summed E-state index contributed by atoms with van der Waals surface area (Å²) in [4.78, 5) is 11.7. The minimum atomic E-state index is -0.234. The Morgan fingerprint density at radius 2 is 2.06 bits per heavy atom. The summed E-state index contributed by atoms with van der Waals surface area (Å²) in [5.74, 6) is 0.679. The second kappa shape index (κ2) is 5.35. The fourth-order valence-corrected chi connectivity index (χ4v) is 1.67. The highest BCUT2D eigenvalue weighted by Crippen LogP contribution is 2.07. The number of carbonyl (C=O) groups excluding carboxylic acids is 1. The van der Waals surface area contributed by atoms with Gasteiger partial charge in [-0.15, -0.1) is 0 Å². The molecule has 0 aliphatic heterocycles. The Kier molecular flexibility index (Phi) is 3.62. The van der Waals surface area contributed by atoms with Gasteiger partial charge in [0.05, 0.1) is 5.69 Å². The Balaban J connectivity index is 1.88. The molecule has 1 aromatic carbocycles. The van der Waals surface area contributed by atoms with Crippen LogP contribution in [0.3, 0.4) is 0 Å². The van der Waals surface area contributed by atoms with Crippen LogP contribution in [0.25, 0.3) is 0 Å². The third-order valence-electron chi connectivity index (χ3n) is 2.54. The molecule has 94 valence electrons. The van der Waals surface area contributed by atoms with Crippen molar-refractivity contribution in [1.29, 1.82) is 0 Å². The molecule has 0 unspecified atom stereocenters. The van der Waals surface area contributed by atoms with Crippen LogP contribution >= 0.6 is 0 Å². The standard InChI is InChI=1S/C13H16N4O/c1-10-8-12(17(2)16-10)15-13(18)14-9-11-6-4-3-5-7-11/h3-8H,9H2,1-2H3,(H2,14,15,18). The van der Waals surface area contributed by atoms with Crippen LogP contribution in [0.1, 0.15) is 11.3 Å². The van der Waals surface area contributed by atoms with E-state index < -0.39 is 0 Å². The Labute approximate surface area is 106 Å². The van der Waals surface area contributed by atoms with Crippen LogP contribution in [0.4, 0.5) is 10.6 Å². The molecule has 2 N–H and O–H groups in total. The van der Waals surface area contributed by atoms with Crippen LogP contribution < -0.4 is 10.6 Å². The monoisotopic (exact) mass is 244 g/mol. The first-order chi connectivity index (χ1) is 8.65. The van der Waals surface area contributed by atoms with E-state index in [9.17, 15) is 4.79 Å². The number of amides is 2. The van der Waals surface area contributed by atoms with E-state index in [2.05, 4.69) is 15.7 Å². The molecule has 2 rings (SSSR count). The van der Waals surface area contributed by atoms with Crippen LogP contribution in [0.2, 0.25) is 0 Å². The molecule has 0 saturated carbocycles. The van der Waals surface area contributed by atoms with Crippen molar-refractivity contribution in [3.8, 4) is 0 Å². The summed E-state index contributed by atoms with van der Waals surface area (Å²) in [6.45, 7) is 2.39. The molecule has 2 aromatic rings. The van der Waals surface area contributed by atoms with Gasteiger partial charge in [0.1, 0.15) is 5.82 Å². The maximum absolute atomic E-state index is 11.7. The number of hydrogen-bond acceptors (Lipinski definition) is 2. The molecule has 2 amide bonds. The minimum Gasteiger partial charge on any atom is -0.334 e. The van der Waals surface area contributed by atoms with Crippen molar-refractivity contribution >= 4 is 11.8 Å². The molecule has 5 heteroatoms. The third-order valence-corrected chi connectivity index (χ3v) is 2.54. The van der Waals surface area contributed by atoms with Gasteiger partial charge in [-0.25, -0.2) is 4.79 Å². The molecular weight excluding hydrogens is 228 g/mol. The number of hydrogen-bond donors (Lipinski definition) is 2. The number of rotatable bonds is 3. The van der Waals surface area contributed by atoms with Crippen molar-refractivity contribution in [3.63, 3.8) is 0 Å². The molecule has 0 bridgehead atoms. The van der Waals surface area contributed by atoms with E-state index >= 15 is 0 Å². The Morgan fingerprint density at radius 1 is 1.33 bits per heavy atom. The summed E-state index contributed by atoms with van der Waals surface area (Å²) in [6.07, 6.45) is 0. The average molecular weight is 244 g/mol. The van der Waals surface area contributed by atoms with E-state index in [4.69, 9.17) is 0 Å². The van der Waals surface area contributed by atoms with Crippen molar-refractivity contribution in [2.75, 3.05) is 5.32 Å². The quantitative estimate of drug-likeness (QED) is 0.868. The first kappa shape index (κ1) is 12.2. The lowest BCUT2D eigenvalue weighted by atomic mass is 10.2. The molecule has 5 nitrogen and oxygen atoms in total. The molecule has 1 aromatic heterocycles. The number of urea groups is 1. The second-order valence-electron chi connectivity index (χ2n) is 4.09. The molecular formula is C13H16N4O. The van der Waals surface area contributed by atoms with Gasteiger partial charge < -0.3 is 5.32 Å². The normalized spacial score (nSPS) is 10.1. The average Bonchev–Trinajstić information content (AvgIpc) is 2.67. The van der Waals surface area contributed by atoms with Crippen LogP contribution in [0.15, 0.2) is 36.4 Å². The van der Waals surface area contributed by atoms with E-state index in [1.54, 1.807) is 11.7 Å². The maximum Gasteiger partial charge on any atom is 0.320 e. The lowest BCUT2D eigenvalue weighted by Gasteiger charge is -2.07. The maximum atomic E-state index is 11.7. The van der Waals surface area contributed by atoms with Gasteiger partial charge >= 0.3 is 6.03 Å². The van der Waals surface area contributed by atoms with Gasteiger partial charge in [0.25, 0.3) is 0 Å².